The molecule has 2 unspecified atom stereocenters. The Hall–Kier alpha value is -0.0300. The minimum absolute atomic E-state index is 0. The highest BCUT2D eigenvalue weighted by Gasteiger charge is 2.37. The van der Waals surface area contributed by atoms with Crippen LogP contribution in [0.25, 0.3) is 0 Å². The predicted octanol–water partition coefficient (Wildman–Crippen LogP) is 2.43. The number of rotatable bonds is 4. The first kappa shape index (κ1) is 21.0. The van der Waals surface area contributed by atoms with Crippen molar-refractivity contribution < 1.29 is 4.79 Å². The Labute approximate surface area is 141 Å². The van der Waals surface area contributed by atoms with Crippen LogP contribution in [0, 0.1) is 0 Å². The molecule has 0 bridgehead atoms. The lowest BCUT2D eigenvalue weighted by atomic mass is 9.96. The number of halogens is 2. The second-order valence-corrected chi connectivity index (χ2v) is 6.46. The van der Waals surface area contributed by atoms with E-state index in [1.54, 1.807) is 0 Å². The van der Waals surface area contributed by atoms with Gasteiger partial charge in [-0.05, 0) is 45.7 Å². The Balaban J connectivity index is 0.00000200. The maximum atomic E-state index is 12.5. The van der Waals surface area contributed by atoms with Gasteiger partial charge < -0.3 is 10.6 Å². The normalized spacial score (nSPS) is 25.7. The molecule has 2 atom stereocenters. The van der Waals surface area contributed by atoms with E-state index < -0.39 is 5.54 Å². The van der Waals surface area contributed by atoms with Gasteiger partial charge in [0.25, 0.3) is 0 Å². The van der Waals surface area contributed by atoms with Crippen LogP contribution in [-0.4, -0.2) is 53.5 Å². The summed E-state index contributed by atoms with van der Waals surface area (Å²) in [5.74, 6) is 0.147. The zero-order chi connectivity index (χ0) is 13.9. The van der Waals surface area contributed by atoms with Gasteiger partial charge in [0.2, 0.25) is 5.91 Å². The fourth-order valence-electron chi connectivity index (χ4n) is 3.50. The standard InChI is InChI=1S/C15H29N3O.2ClH/c1-3-8-15(2,16)14(19)18-11-7-13(12-18)17-9-5-4-6-10-17;;/h13H,3-12,16H2,1-2H3;2*1H. The summed E-state index contributed by atoms with van der Waals surface area (Å²) >= 11 is 0. The molecule has 0 spiro atoms. The molecule has 0 aliphatic carbocycles. The number of nitrogens with zero attached hydrogens (tertiary/aromatic N) is 2. The van der Waals surface area contributed by atoms with Gasteiger partial charge in [-0.3, -0.25) is 9.69 Å². The second kappa shape index (κ2) is 9.19. The number of hydrogen-bond donors (Lipinski definition) is 1. The van der Waals surface area contributed by atoms with Crippen LogP contribution in [0.1, 0.15) is 52.4 Å². The number of piperidine rings is 1. The fraction of sp³-hybridized carbons (Fsp3) is 0.933. The minimum Gasteiger partial charge on any atom is -0.339 e. The zero-order valence-corrected chi connectivity index (χ0v) is 15.0. The Bertz CT molecular complexity index is 320. The topological polar surface area (TPSA) is 49.6 Å². The van der Waals surface area contributed by atoms with Crippen molar-refractivity contribution >= 4 is 30.7 Å². The molecular weight excluding hydrogens is 309 g/mol. The molecule has 0 aromatic carbocycles. The number of amides is 1. The third-order valence-electron chi connectivity index (χ3n) is 4.62. The summed E-state index contributed by atoms with van der Waals surface area (Å²) in [6, 6.07) is 0.571. The molecule has 2 heterocycles. The number of nitrogens with two attached hydrogens (primary N) is 1. The third-order valence-corrected chi connectivity index (χ3v) is 4.62. The molecule has 126 valence electrons. The predicted molar refractivity (Wildman–Crippen MR) is 92.4 cm³/mol. The van der Waals surface area contributed by atoms with Crippen LogP contribution in [-0.2, 0) is 4.79 Å². The maximum absolute atomic E-state index is 12.5. The molecule has 0 radical (unpaired) electrons. The number of hydrogen-bond acceptors (Lipinski definition) is 3. The summed E-state index contributed by atoms with van der Waals surface area (Å²) in [6.45, 7) is 8.15. The van der Waals surface area contributed by atoms with Crippen LogP contribution in [0.15, 0.2) is 0 Å². The summed E-state index contributed by atoms with van der Waals surface area (Å²) < 4.78 is 0. The molecule has 2 fully saturated rings. The Morgan fingerprint density at radius 3 is 2.38 bits per heavy atom. The van der Waals surface area contributed by atoms with E-state index in [0.717, 1.165) is 32.4 Å². The van der Waals surface area contributed by atoms with Crippen molar-refractivity contribution in [1.29, 1.82) is 0 Å². The van der Waals surface area contributed by atoms with Crippen molar-refractivity contribution in [2.75, 3.05) is 26.2 Å². The number of likely N-dealkylation sites (tertiary alicyclic amines) is 2. The van der Waals surface area contributed by atoms with Crippen LogP contribution in [0.2, 0.25) is 0 Å². The lowest BCUT2D eigenvalue weighted by molar-refractivity contribution is -0.135. The van der Waals surface area contributed by atoms with E-state index in [1.807, 2.05) is 11.8 Å². The monoisotopic (exact) mass is 339 g/mol. The molecule has 21 heavy (non-hydrogen) atoms. The molecule has 2 aliphatic heterocycles. The molecule has 2 saturated heterocycles. The largest absolute Gasteiger partial charge is 0.339 e. The van der Waals surface area contributed by atoms with Crippen molar-refractivity contribution in [1.82, 2.24) is 9.80 Å². The van der Waals surface area contributed by atoms with Gasteiger partial charge in [0, 0.05) is 19.1 Å². The summed E-state index contributed by atoms with van der Waals surface area (Å²) in [4.78, 5) is 17.0. The molecule has 2 rings (SSSR count). The van der Waals surface area contributed by atoms with Gasteiger partial charge in [-0.1, -0.05) is 19.8 Å². The van der Waals surface area contributed by atoms with Crippen LogP contribution < -0.4 is 5.73 Å². The first-order valence-electron chi connectivity index (χ1n) is 7.87. The Morgan fingerprint density at radius 1 is 1.19 bits per heavy atom. The van der Waals surface area contributed by atoms with E-state index in [4.69, 9.17) is 5.73 Å². The molecule has 0 saturated carbocycles. The molecule has 2 aliphatic rings. The quantitative estimate of drug-likeness (QED) is 0.855. The maximum Gasteiger partial charge on any atom is 0.242 e. The molecule has 0 aromatic rings. The van der Waals surface area contributed by atoms with Crippen LogP contribution >= 0.6 is 24.8 Å². The lowest BCUT2D eigenvalue weighted by Gasteiger charge is -2.33. The van der Waals surface area contributed by atoms with Gasteiger partial charge in [0.15, 0.2) is 0 Å². The molecule has 1 amide bonds. The minimum atomic E-state index is -0.675. The van der Waals surface area contributed by atoms with Gasteiger partial charge in [-0.25, -0.2) is 0 Å². The van der Waals surface area contributed by atoms with Crippen LogP contribution in [0.3, 0.4) is 0 Å². The SMILES string of the molecule is CCCC(C)(N)C(=O)N1CCC(N2CCCCC2)C1.Cl.Cl. The van der Waals surface area contributed by atoms with Crippen molar-refractivity contribution in [2.24, 2.45) is 5.73 Å². The van der Waals surface area contributed by atoms with E-state index in [0.29, 0.717) is 6.04 Å². The van der Waals surface area contributed by atoms with E-state index in [-0.39, 0.29) is 30.7 Å². The first-order valence-corrected chi connectivity index (χ1v) is 7.87. The summed E-state index contributed by atoms with van der Waals surface area (Å²) in [5.41, 5.74) is 5.49. The molecule has 6 heteroatoms. The first-order chi connectivity index (χ1) is 9.04. The van der Waals surface area contributed by atoms with Gasteiger partial charge in [-0.2, -0.15) is 0 Å². The molecular formula is C15H31Cl2N3O. The van der Waals surface area contributed by atoms with E-state index in [1.165, 1.54) is 32.4 Å². The molecule has 0 aromatic heterocycles. The highest BCUT2D eigenvalue weighted by Crippen LogP contribution is 2.23. The highest BCUT2D eigenvalue weighted by atomic mass is 35.5. The van der Waals surface area contributed by atoms with Crippen molar-refractivity contribution in [3.63, 3.8) is 0 Å². The highest BCUT2D eigenvalue weighted by molar-refractivity contribution is 5.86. The Kier molecular flexibility index (Phi) is 9.17. The van der Waals surface area contributed by atoms with Gasteiger partial charge >= 0.3 is 0 Å². The van der Waals surface area contributed by atoms with Gasteiger partial charge in [0.05, 0.1) is 5.54 Å². The van der Waals surface area contributed by atoms with E-state index in [2.05, 4.69) is 11.8 Å². The van der Waals surface area contributed by atoms with Crippen LogP contribution in [0.4, 0.5) is 0 Å². The fourth-order valence-corrected chi connectivity index (χ4v) is 3.50. The summed E-state index contributed by atoms with van der Waals surface area (Å²) in [7, 11) is 0. The van der Waals surface area contributed by atoms with Crippen LogP contribution in [0.5, 0.6) is 0 Å². The number of carbonyl (C=O) groups is 1. The lowest BCUT2D eigenvalue weighted by Crippen LogP contribution is -2.53. The van der Waals surface area contributed by atoms with Crippen molar-refractivity contribution in [2.45, 2.75) is 64.0 Å². The second-order valence-electron chi connectivity index (χ2n) is 6.46. The zero-order valence-electron chi connectivity index (χ0n) is 13.3. The summed E-state index contributed by atoms with van der Waals surface area (Å²) in [5, 5.41) is 0. The molecule has 2 N–H and O–H groups in total. The van der Waals surface area contributed by atoms with Gasteiger partial charge in [0.1, 0.15) is 0 Å². The van der Waals surface area contributed by atoms with Gasteiger partial charge in [-0.15, -0.1) is 24.8 Å². The average molecular weight is 340 g/mol. The smallest absolute Gasteiger partial charge is 0.242 e. The average Bonchev–Trinajstić information content (AvgIpc) is 2.88. The third kappa shape index (κ3) is 5.27. The van der Waals surface area contributed by atoms with E-state index >= 15 is 0 Å². The molecule has 4 nitrogen and oxygen atoms in total. The van der Waals surface area contributed by atoms with E-state index in [9.17, 15) is 4.79 Å². The Morgan fingerprint density at radius 2 is 1.81 bits per heavy atom. The summed E-state index contributed by atoms with van der Waals surface area (Å²) in [6.07, 6.45) is 6.85. The van der Waals surface area contributed by atoms with Crippen molar-refractivity contribution in [3.05, 3.63) is 0 Å². The van der Waals surface area contributed by atoms with Crippen molar-refractivity contribution in [3.8, 4) is 0 Å². The number of carbonyl (C=O) groups excluding carboxylic acids is 1.